The molecule has 2 N–H and O–H groups in total. The van der Waals surface area contributed by atoms with Crippen LogP contribution in [0.3, 0.4) is 0 Å². The first-order valence-corrected chi connectivity index (χ1v) is 8.61. The van der Waals surface area contributed by atoms with Crippen molar-refractivity contribution in [3.8, 4) is 0 Å². The molecule has 6 heteroatoms. The Balaban J connectivity index is 1.84. The Morgan fingerprint density at radius 1 is 1.35 bits per heavy atom. The summed E-state index contributed by atoms with van der Waals surface area (Å²) < 4.78 is 7.59. The van der Waals surface area contributed by atoms with Gasteiger partial charge in [-0.3, -0.25) is 0 Å². The van der Waals surface area contributed by atoms with E-state index in [9.17, 15) is 9.90 Å². The average molecular weight is 351 g/mol. The second-order valence-electron chi connectivity index (χ2n) is 6.78. The molecular weight excluding hydrogens is 330 g/mol. The summed E-state index contributed by atoms with van der Waals surface area (Å²) >= 11 is 0. The van der Waals surface area contributed by atoms with E-state index in [1.807, 2.05) is 24.3 Å². The van der Waals surface area contributed by atoms with Crippen LogP contribution in [-0.4, -0.2) is 27.1 Å². The quantitative estimate of drug-likeness (QED) is 0.753. The van der Waals surface area contributed by atoms with E-state index in [1.54, 1.807) is 12.3 Å². The first-order valence-electron chi connectivity index (χ1n) is 8.61. The number of hydrogen-bond donors (Lipinski definition) is 2. The molecule has 1 aromatic carbocycles. The van der Waals surface area contributed by atoms with Crippen LogP contribution in [0.2, 0.25) is 0 Å². The molecule has 0 saturated heterocycles. The van der Waals surface area contributed by atoms with Crippen molar-refractivity contribution in [3.63, 3.8) is 0 Å². The standard InChI is InChI=1S/C20H21N3O3/c1-11-5-4-6-14-9-26-10-17(18(11)14)22-16-7-15(20(24)25)8-23-13(3)12(2)21-19(16)23/h4-8,17,22H,9-10H2,1-3H3,(H,24,25). The van der Waals surface area contributed by atoms with Crippen molar-refractivity contribution in [2.45, 2.75) is 33.4 Å². The fraction of sp³-hybridized carbons (Fsp3) is 0.300. The molecule has 0 spiro atoms. The Morgan fingerprint density at radius 3 is 2.92 bits per heavy atom. The summed E-state index contributed by atoms with van der Waals surface area (Å²) in [4.78, 5) is 16.2. The summed E-state index contributed by atoms with van der Waals surface area (Å²) in [5.74, 6) is -0.961. The molecule has 1 unspecified atom stereocenters. The van der Waals surface area contributed by atoms with Crippen molar-refractivity contribution >= 4 is 17.3 Å². The van der Waals surface area contributed by atoms with E-state index >= 15 is 0 Å². The van der Waals surface area contributed by atoms with Crippen LogP contribution in [0.25, 0.3) is 5.65 Å². The Bertz CT molecular complexity index is 1020. The van der Waals surface area contributed by atoms with Gasteiger partial charge in [-0.1, -0.05) is 18.2 Å². The minimum absolute atomic E-state index is 0.0508. The molecule has 6 nitrogen and oxygen atoms in total. The highest BCUT2D eigenvalue weighted by Gasteiger charge is 2.24. The number of rotatable bonds is 3. The first-order chi connectivity index (χ1) is 12.5. The molecule has 0 aliphatic carbocycles. The summed E-state index contributed by atoms with van der Waals surface area (Å²) in [6.45, 7) is 7.08. The summed E-state index contributed by atoms with van der Waals surface area (Å²) in [6.07, 6.45) is 1.62. The molecule has 0 fully saturated rings. The lowest BCUT2D eigenvalue weighted by atomic mass is 9.94. The molecule has 1 atom stereocenters. The van der Waals surface area contributed by atoms with E-state index in [0.717, 1.165) is 22.6 Å². The number of fused-ring (bicyclic) bond motifs is 2. The van der Waals surface area contributed by atoms with Crippen LogP contribution >= 0.6 is 0 Å². The number of carbonyl (C=O) groups is 1. The molecule has 0 radical (unpaired) electrons. The van der Waals surface area contributed by atoms with Crippen LogP contribution in [0.4, 0.5) is 5.69 Å². The summed E-state index contributed by atoms with van der Waals surface area (Å²) in [5.41, 5.74) is 7.05. The number of carboxylic acid groups (broad SMARTS) is 1. The number of ether oxygens (including phenoxy) is 1. The lowest BCUT2D eigenvalue weighted by Crippen LogP contribution is -2.24. The molecular formula is C20H21N3O3. The topological polar surface area (TPSA) is 75.9 Å². The second-order valence-corrected chi connectivity index (χ2v) is 6.78. The van der Waals surface area contributed by atoms with E-state index in [-0.39, 0.29) is 11.6 Å². The van der Waals surface area contributed by atoms with Crippen molar-refractivity contribution in [2.75, 3.05) is 11.9 Å². The molecule has 3 heterocycles. The van der Waals surface area contributed by atoms with Gasteiger partial charge in [-0.15, -0.1) is 0 Å². The molecule has 1 aliphatic heterocycles. The molecule has 134 valence electrons. The Hall–Kier alpha value is -2.86. The molecule has 0 bridgehead atoms. The molecule has 1 aliphatic rings. The number of aromatic nitrogens is 2. The number of imidazole rings is 1. The zero-order chi connectivity index (χ0) is 18.4. The van der Waals surface area contributed by atoms with Crippen LogP contribution in [0.5, 0.6) is 0 Å². The molecule has 2 aromatic heterocycles. The number of aromatic carboxylic acids is 1. The van der Waals surface area contributed by atoms with Crippen LogP contribution in [0.15, 0.2) is 30.5 Å². The van der Waals surface area contributed by atoms with E-state index in [0.29, 0.717) is 18.9 Å². The number of carboxylic acids is 1. The molecule has 0 amide bonds. The lowest BCUT2D eigenvalue weighted by molar-refractivity contribution is 0.0696. The van der Waals surface area contributed by atoms with Gasteiger partial charge < -0.3 is 19.6 Å². The summed E-state index contributed by atoms with van der Waals surface area (Å²) in [5, 5.41) is 13.0. The van der Waals surface area contributed by atoms with Gasteiger partial charge in [0.25, 0.3) is 0 Å². The third-order valence-electron chi connectivity index (χ3n) is 5.08. The highest BCUT2D eigenvalue weighted by Crippen LogP contribution is 2.32. The van der Waals surface area contributed by atoms with Gasteiger partial charge in [0.2, 0.25) is 0 Å². The number of pyridine rings is 1. The second kappa shape index (κ2) is 6.14. The minimum atomic E-state index is -0.961. The van der Waals surface area contributed by atoms with E-state index in [4.69, 9.17) is 4.74 Å². The Labute approximate surface area is 151 Å². The molecule has 3 aromatic rings. The monoisotopic (exact) mass is 351 g/mol. The van der Waals surface area contributed by atoms with Crippen LogP contribution in [0, 0.1) is 20.8 Å². The zero-order valence-electron chi connectivity index (χ0n) is 15.0. The molecule has 0 saturated carbocycles. The predicted octanol–water partition coefficient (Wildman–Crippen LogP) is 3.64. The van der Waals surface area contributed by atoms with Gasteiger partial charge in [0, 0.05) is 11.9 Å². The van der Waals surface area contributed by atoms with Crippen molar-refractivity contribution in [1.82, 2.24) is 9.38 Å². The fourth-order valence-electron chi connectivity index (χ4n) is 3.63. The van der Waals surface area contributed by atoms with Crippen molar-refractivity contribution in [2.24, 2.45) is 0 Å². The normalized spacial score (nSPS) is 16.5. The van der Waals surface area contributed by atoms with Gasteiger partial charge in [0.15, 0.2) is 5.65 Å². The van der Waals surface area contributed by atoms with Gasteiger partial charge in [-0.05, 0) is 43.5 Å². The largest absolute Gasteiger partial charge is 0.478 e. The average Bonchev–Trinajstić information content (AvgIpc) is 2.90. The highest BCUT2D eigenvalue weighted by atomic mass is 16.5. The minimum Gasteiger partial charge on any atom is -0.478 e. The van der Waals surface area contributed by atoms with Crippen molar-refractivity contribution < 1.29 is 14.6 Å². The van der Waals surface area contributed by atoms with Crippen molar-refractivity contribution in [3.05, 3.63) is 64.1 Å². The predicted molar refractivity (Wildman–Crippen MR) is 98.8 cm³/mol. The van der Waals surface area contributed by atoms with Gasteiger partial charge in [0.1, 0.15) is 0 Å². The van der Waals surface area contributed by atoms with Crippen LogP contribution in [0.1, 0.15) is 44.5 Å². The summed E-state index contributed by atoms with van der Waals surface area (Å²) in [7, 11) is 0. The highest BCUT2D eigenvalue weighted by molar-refractivity contribution is 5.90. The summed E-state index contributed by atoms with van der Waals surface area (Å²) in [6, 6.07) is 7.79. The van der Waals surface area contributed by atoms with Crippen molar-refractivity contribution in [1.29, 1.82) is 0 Å². The van der Waals surface area contributed by atoms with Crippen LogP contribution in [-0.2, 0) is 11.3 Å². The van der Waals surface area contributed by atoms with Gasteiger partial charge >= 0.3 is 5.97 Å². The first kappa shape index (κ1) is 16.6. The number of anilines is 1. The van der Waals surface area contributed by atoms with E-state index in [2.05, 4.69) is 29.4 Å². The zero-order valence-corrected chi connectivity index (χ0v) is 15.0. The van der Waals surface area contributed by atoms with Gasteiger partial charge in [-0.25, -0.2) is 9.78 Å². The van der Waals surface area contributed by atoms with E-state index < -0.39 is 5.97 Å². The number of benzene rings is 1. The van der Waals surface area contributed by atoms with Gasteiger partial charge in [0.05, 0.1) is 36.2 Å². The van der Waals surface area contributed by atoms with Crippen LogP contribution < -0.4 is 5.32 Å². The molecule has 4 rings (SSSR count). The number of nitrogens with one attached hydrogen (secondary N) is 1. The number of hydrogen-bond acceptors (Lipinski definition) is 4. The van der Waals surface area contributed by atoms with E-state index in [1.165, 1.54) is 11.1 Å². The lowest BCUT2D eigenvalue weighted by Gasteiger charge is -2.29. The maximum absolute atomic E-state index is 11.6. The fourth-order valence-corrected chi connectivity index (χ4v) is 3.63. The number of aryl methyl sites for hydroxylation is 3. The Morgan fingerprint density at radius 2 is 2.15 bits per heavy atom. The Kier molecular flexibility index (Phi) is 3.92. The molecule has 26 heavy (non-hydrogen) atoms. The maximum Gasteiger partial charge on any atom is 0.337 e. The van der Waals surface area contributed by atoms with Gasteiger partial charge in [-0.2, -0.15) is 0 Å². The third-order valence-corrected chi connectivity index (χ3v) is 5.08. The smallest absolute Gasteiger partial charge is 0.337 e. The number of nitrogens with zero attached hydrogens (tertiary/aromatic N) is 2. The third kappa shape index (κ3) is 2.63. The SMILES string of the molecule is Cc1cccc2c1C(Nc1cc(C(=O)O)cn3c(C)c(C)nc13)COC2. The maximum atomic E-state index is 11.6.